The van der Waals surface area contributed by atoms with Gasteiger partial charge in [-0.25, -0.2) is 0 Å². The molecule has 0 aromatic heterocycles. The highest BCUT2D eigenvalue weighted by atomic mass is 16.3. The summed E-state index contributed by atoms with van der Waals surface area (Å²) in [7, 11) is 0. The van der Waals surface area contributed by atoms with Gasteiger partial charge in [-0.3, -0.25) is 0 Å². The second-order valence-corrected chi connectivity index (χ2v) is 3.88. The summed E-state index contributed by atoms with van der Waals surface area (Å²) < 4.78 is 0. The standard InChI is InChI=1S/C5H9NO2.C5H9NO/c7-3-4-1-5(8)2-6-4;7-4-5-2-1-3-6-5/h3-6,8H,1-2H2;4-6H,1-3H2/t4-,5?;5-/m10/s1. The van der Waals surface area contributed by atoms with Crippen LogP contribution >= 0.6 is 0 Å². The van der Waals surface area contributed by atoms with E-state index in [1.54, 1.807) is 0 Å². The molecule has 86 valence electrons. The number of aliphatic hydroxyl groups is 1. The first-order chi connectivity index (χ1) is 7.26. The molecule has 15 heavy (non-hydrogen) atoms. The zero-order valence-electron chi connectivity index (χ0n) is 8.69. The first kappa shape index (κ1) is 12.3. The lowest BCUT2D eigenvalue weighted by molar-refractivity contribution is -0.110. The van der Waals surface area contributed by atoms with Gasteiger partial charge in [-0.15, -0.1) is 0 Å². The molecule has 2 saturated heterocycles. The van der Waals surface area contributed by atoms with Gasteiger partial charge in [0.05, 0.1) is 18.2 Å². The van der Waals surface area contributed by atoms with Crippen molar-refractivity contribution in [1.29, 1.82) is 0 Å². The molecule has 2 rings (SSSR count). The molecule has 0 radical (unpaired) electrons. The fourth-order valence-corrected chi connectivity index (χ4v) is 1.68. The predicted molar refractivity (Wildman–Crippen MR) is 55.6 cm³/mol. The Kier molecular flexibility index (Phi) is 5.45. The number of aliphatic hydroxyl groups excluding tert-OH is 1. The first-order valence-corrected chi connectivity index (χ1v) is 5.31. The van der Waals surface area contributed by atoms with Gasteiger partial charge in [0.15, 0.2) is 0 Å². The summed E-state index contributed by atoms with van der Waals surface area (Å²) in [4.78, 5) is 19.9. The van der Waals surface area contributed by atoms with E-state index in [4.69, 9.17) is 5.11 Å². The minimum Gasteiger partial charge on any atom is -0.392 e. The van der Waals surface area contributed by atoms with Crippen LogP contribution in [0.2, 0.25) is 0 Å². The maximum Gasteiger partial charge on any atom is 0.136 e. The third kappa shape index (κ3) is 4.51. The van der Waals surface area contributed by atoms with E-state index in [2.05, 4.69) is 10.6 Å². The fraction of sp³-hybridized carbons (Fsp3) is 0.800. The molecule has 1 unspecified atom stereocenters. The molecule has 5 nitrogen and oxygen atoms in total. The van der Waals surface area contributed by atoms with Crippen molar-refractivity contribution in [3.63, 3.8) is 0 Å². The van der Waals surface area contributed by atoms with Gasteiger partial charge in [0, 0.05) is 6.54 Å². The van der Waals surface area contributed by atoms with Crippen LogP contribution in [0.5, 0.6) is 0 Å². The molecular formula is C10H18N2O3. The number of carbonyl (C=O) groups excluding carboxylic acids is 2. The second kappa shape index (κ2) is 6.66. The van der Waals surface area contributed by atoms with Crippen LogP contribution in [0.3, 0.4) is 0 Å². The monoisotopic (exact) mass is 214 g/mol. The number of carbonyl (C=O) groups is 2. The van der Waals surface area contributed by atoms with Crippen molar-refractivity contribution in [2.45, 2.75) is 37.5 Å². The maximum absolute atomic E-state index is 9.98. The number of hydrogen-bond donors (Lipinski definition) is 3. The van der Waals surface area contributed by atoms with Crippen molar-refractivity contribution in [3.05, 3.63) is 0 Å². The quantitative estimate of drug-likeness (QED) is 0.506. The summed E-state index contributed by atoms with van der Waals surface area (Å²) in [6, 6.07) is 0.0602. The van der Waals surface area contributed by atoms with Crippen molar-refractivity contribution in [1.82, 2.24) is 10.6 Å². The van der Waals surface area contributed by atoms with E-state index in [9.17, 15) is 9.59 Å². The van der Waals surface area contributed by atoms with Gasteiger partial charge < -0.3 is 25.3 Å². The summed E-state index contributed by atoms with van der Waals surface area (Å²) in [5.41, 5.74) is 0. The highest BCUT2D eigenvalue weighted by Gasteiger charge is 2.20. The number of β-amino-alcohol motifs (C(OH)–C–C–N with tert-alkyl or cyclic N) is 1. The molecular weight excluding hydrogens is 196 g/mol. The van der Waals surface area contributed by atoms with Crippen LogP contribution in [-0.2, 0) is 9.59 Å². The average Bonchev–Trinajstić information content (AvgIpc) is 2.88. The molecule has 5 heteroatoms. The molecule has 0 saturated carbocycles. The summed E-state index contributed by atoms with van der Waals surface area (Å²) in [6.45, 7) is 1.58. The molecule has 0 bridgehead atoms. The van der Waals surface area contributed by atoms with E-state index in [1.165, 1.54) is 0 Å². The van der Waals surface area contributed by atoms with Crippen molar-refractivity contribution in [2.75, 3.05) is 13.1 Å². The number of rotatable bonds is 2. The van der Waals surface area contributed by atoms with Crippen LogP contribution in [0.4, 0.5) is 0 Å². The lowest BCUT2D eigenvalue weighted by atomic mass is 10.2. The highest BCUT2D eigenvalue weighted by molar-refractivity contribution is 5.58. The third-order valence-corrected chi connectivity index (χ3v) is 2.57. The van der Waals surface area contributed by atoms with Crippen molar-refractivity contribution < 1.29 is 14.7 Å². The van der Waals surface area contributed by atoms with Gasteiger partial charge in [-0.2, -0.15) is 0 Å². The van der Waals surface area contributed by atoms with Gasteiger partial charge >= 0.3 is 0 Å². The smallest absolute Gasteiger partial charge is 0.136 e. The van der Waals surface area contributed by atoms with Gasteiger partial charge in [0.1, 0.15) is 12.6 Å². The second-order valence-electron chi connectivity index (χ2n) is 3.88. The van der Waals surface area contributed by atoms with Crippen molar-refractivity contribution in [3.8, 4) is 0 Å². The van der Waals surface area contributed by atoms with Crippen molar-refractivity contribution >= 4 is 12.6 Å². The Morgan fingerprint density at radius 1 is 1.13 bits per heavy atom. The van der Waals surface area contributed by atoms with Gasteiger partial charge in [-0.1, -0.05) is 0 Å². The molecule has 0 aromatic carbocycles. The minimum absolute atomic E-state index is 0.106. The lowest BCUT2D eigenvalue weighted by Crippen LogP contribution is -2.22. The minimum atomic E-state index is -0.315. The topological polar surface area (TPSA) is 78.4 Å². The SMILES string of the molecule is O=C[C@@H]1CCCN1.O=C[C@H]1CC(O)CN1. The summed E-state index contributed by atoms with van der Waals surface area (Å²) in [5, 5.41) is 14.7. The molecule has 0 spiro atoms. The van der Waals surface area contributed by atoms with E-state index in [-0.39, 0.29) is 18.2 Å². The molecule has 0 aromatic rings. The Bertz CT molecular complexity index is 205. The Morgan fingerprint density at radius 2 is 1.87 bits per heavy atom. The molecule has 2 aliphatic heterocycles. The normalized spacial score (nSPS) is 34.3. The summed E-state index contributed by atoms with van der Waals surface area (Å²) in [6.07, 6.45) is 4.25. The Hall–Kier alpha value is -0.780. The third-order valence-electron chi connectivity index (χ3n) is 2.57. The van der Waals surface area contributed by atoms with E-state index >= 15 is 0 Å². The fourth-order valence-electron chi connectivity index (χ4n) is 1.68. The van der Waals surface area contributed by atoms with Crippen LogP contribution in [0, 0.1) is 0 Å². The van der Waals surface area contributed by atoms with E-state index in [1.807, 2.05) is 0 Å². The largest absolute Gasteiger partial charge is 0.392 e. The molecule has 3 N–H and O–H groups in total. The number of hydrogen-bond acceptors (Lipinski definition) is 5. The zero-order chi connectivity index (χ0) is 11.1. The number of nitrogens with one attached hydrogen (secondary N) is 2. The van der Waals surface area contributed by atoms with Crippen LogP contribution in [-0.4, -0.2) is 49.0 Å². The van der Waals surface area contributed by atoms with E-state index < -0.39 is 0 Å². The number of aldehydes is 2. The Morgan fingerprint density at radius 3 is 2.13 bits per heavy atom. The van der Waals surface area contributed by atoms with Gasteiger partial charge in [0.25, 0.3) is 0 Å². The molecule has 0 amide bonds. The van der Waals surface area contributed by atoms with Crippen LogP contribution in [0.15, 0.2) is 0 Å². The molecule has 3 atom stereocenters. The molecule has 2 fully saturated rings. The molecule has 0 aliphatic carbocycles. The van der Waals surface area contributed by atoms with Crippen LogP contribution < -0.4 is 10.6 Å². The summed E-state index contributed by atoms with van der Waals surface area (Å²) in [5.74, 6) is 0. The van der Waals surface area contributed by atoms with Gasteiger partial charge in [0.2, 0.25) is 0 Å². The maximum atomic E-state index is 9.98. The van der Waals surface area contributed by atoms with Crippen LogP contribution in [0.25, 0.3) is 0 Å². The van der Waals surface area contributed by atoms with Gasteiger partial charge in [-0.05, 0) is 25.8 Å². The Balaban J connectivity index is 0.000000151. The zero-order valence-corrected chi connectivity index (χ0v) is 8.69. The average molecular weight is 214 g/mol. The molecule has 2 heterocycles. The Labute approximate surface area is 89.2 Å². The lowest BCUT2D eigenvalue weighted by Gasteiger charge is -1.94. The van der Waals surface area contributed by atoms with Crippen molar-refractivity contribution in [2.24, 2.45) is 0 Å². The first-order valence-electron chi connectivity index (χ1n) is 5.31. The van der Waals surface area contributed by atoms with E-state index in [0.717, 1.165) is 32.0 Å². The highest BCUT2D eigenvalue weighted by Crippen LogP contribution is 2.02. The molecule has 2 aliphatic rings. The summed E-state index contributed by atoms with van der Waals surface area (Å²) >= 11 is 0. The predicted octanol–water partition coefficient (Wildman–Crippen LogP) is -1.15. The van der Waals surface area contributed by atoms with E-state index in [0.29, 0.717) is 13.0 Å². The van der Waals surface area contributed by atoms with Crippen LogP contribution in [0.1, 0.15) is 19.3 Å².